The summed E-state index contributed by atoms with van der Waals surface area (Å²) in [7, 11) is 1.51. The Morgan fingerprint density at radius 1 is 1.50 bits per heavy atom. The third kappa shape index (κ3) is 4.25. The minimum atomic E-state index is -0.0451. The summed E-state index contributed by atoms with van der Waals surface area (Å²) in [5.41, 5.74) is 0. The number of nitrogens with zero attached hydrogens (tertiary/aromatic N) is 2. The van der Waals surface area contributed by atoms with Crippen LogP contribution in [-0.2, 0) is 4.79 Å². The molecule has 0 atom stereocenters. The second-order valence-corrected chi connectivity index (χ2v) is 3.93. The SMILES string of the molecule is COc1cncc(NC(=O)CCC(C)C)n1. The number of anilines is 1. The molecule has 5 heteroatoms. The van der Waals surface area contributed by atoms with E-state index in [1.807, 2.05) is 0 Å². The minimum Gasteiger partial charge on any atom is -0.480 e. The lowest BCUT2D eigenvalue weighted by Crippen LogP contribution is -2.13. The summed E-state index contributed by atoms with van der Waals surface area (Å²) in [6, 6.07) is 0. The van der Waals surface area contributed by atoms with E-state index >= 15 is 0 Å². The van der Waals surface area contributed by atoms with Crippen molar-refractivity contribution in [3.05, 3.63) is 12.4 Å². The van der Waals surface area contributed by atoms with E-state index < -0.39 is 0 Å². The van der Waals surface area contributed by atoms with Crippen molar-refractivity contribution in [3.63, 3.8) is 0 Å². The lowest BCUT2D eigenvalue weighted by atomic mass is 10.1. The second-order valence-electron chi connectivity index (χ2n) is 3.93. The lowest BCUT2D eigenvalue weighted by Gasteiger charge is -2.06. The van der Waals surface area contributed by atoms with Crippen LogP contribution in [0.1, 0.15) is 26.7 Å². The molecule has 0 aromatic carbocycles. The number of ether oxygens (including phenoxy) is 1. The predicted octanol–water partition coefficient (Wildman–Crippen LogP) is 1.86. The standard InChI is InChI=1S/C11H17N3O2/c1-8(2)4-5-10(15)13-9-6-12-7-11(14-9)16-3/h6-8H,4-5H2,1-3H3,(H,13,14,15). The molecule has 0 saturated heterocycles. The largest absolute Gasteiger partial charge is 0.480 e. The molecular weight excluding hydrogens is 206 g/mol. The van der Waals surface area contributed by atoms with E-state index in [1.165, 1.54) is 19.5 Å². The molecule has 1 heterocycles. The zero-order chi connectivity index (χ0) is 12.0. The Balaban J connectivity index is 2.49. The number of aromatic nitrogens is 2. The van der Waals surface area contributed by atoms with Gasteiger partial charge in [0.25, 0.3) is 0 Å². The Kier molecular flexibility index (Phi) is 4.69. The fraction of sp³-hybridized carbons (Fsp3) is 0.545. The molecule has 1 rings (SSSR count). The first-order valence-electron chi connectivity index (χ1n) is 5.27. The van der Waals surface area contributed by atoms with Gasteiger partial charge in [-0.25, -0.2) is 0 Å². The van der Waals surface area contributed by atoms with Crippen LogP contribution in [0.3, 0.4) is 0 Å². The van der Waals surface area contributed by atoms with Gasteiger partial charge in [-0.15, -0.1) is 0 Å². The lowest BCUT2D eigenvalue weighted by molar-refractivity contribution is -0.116. The van der Waals surface area contributed by atoms with Gasteiger partial charge in [0, 0.05) is 6.42 Å². The summed E-state index contributed by atoms with van der Waals surface area (Å²) in [5.74, 6) is 1.29. The number of carbonyl (C=O) groups is 1. The van der Waals surface area contributed by atoms with E-state index in [0.29, 0.717) is 24.0 Å². The van der Waals surface area contributed by atoms with Crippen LogP contribution in [0.25, 0.3) is 0 Å². The molecule has 0 saturated carbocycles. The molecule has 1 amide bonds. The van der Waals surface area contributed by atoms with E-state index in [9.17, 15) is 4.79 Å². The molecule has 5 nitrogen and oxygen atoms in total. The molecule has 88 valence electrons. The first-order chi connectivity index (χ1) is 7.61. The van der Waals surface area contributed by atoms with Gasteiger partial charge >= 0.3 is 0 Å². The average Bonchev–Trinajstić information content (AvgIpc) is 2.26. The second kappa shape index (κ2) is 6.05. The molecule has 1 aromatic heterocycles. The van der Waals surface area contributed by atoms with Crippen molar-refractivity contribution in [3.8, 4) is 5.88 Å². The molecule has 1 aromatic rings. The molecule has 0 spiro atoms. The Hall–Kier alpha value is -1.65. The van der Waals surface area contributed by atoms with Gasteiger partial charge in [-0.05, 0) is 12.3 Å². The molecular formula is C11H17N3O2. The smallest absolute Gasteiger partial charge is 0.233 e. The average molecular weight is 223 g/mol. The predicted molar refractivity (Wildman–Crippen MR) is 61.3 cm³/mol. The van der Waals surface area contributed by atoms with E-state index in [1.54, 1.807) is 0 Å². The normalized spacial score (nSPS) is 10.2. The first-order valence-corrected chi connectivity index (χ1v) is 5.27. The van der Waals surface area contributed by atoms with Crippen molar-refractivity contribution in [2.24, 2.45) is 5.92 Å². The number of methoxy groups -OCH3 is 1. The Labute approximate surface area is 95.3 Å². The molecule has 1 N–H and O–H groups in total. The fourth-order valence-electron chi connectivity index (χ4n) is 1.13. The highest BCUT2D eigenvalue weighted by atomic mass is 16.5. The molecule has 0 aliphatic rings. The highest BCUT2D eigenvalue weighted by molar-refractivity contribution is 5.89. The van der Waals surface area contributed by atoms with Gasteiger partial charge in [0.05, 0.1) is 19.5 Å². The van der Waals surface area contributed by atoms with Crippen molar-refractivity contribution >= 4 is 11.7 Å². The van der Waals surface area contributed by atoms with Crippen LogP contribution in [0.2, 0.25) is 0 Å². The summed E-state index contributed by atoms with van der Waals surface area (Å²) in [6.45, 7) is 4.16. The minimum absolute atomic E-state index is 0.0451. The van der Waals surface area contributed by atoms with Crippen molar-refractivity contribution < 1.29 is 9.53 Å². The van der Waals surface area contributed by atoms with Crippen LogP contribution in [0.15, 0.2) is 12.4 Å². The topological polar surface area (TPSA) is 64.1 Å². The highest BCUT2D eigenvalue weighted by Crippen LogP contribution is 2.10. The van der Waals surface area contributed by atoms with E-state index in [4.69, 9.17) is 4.74 Å². The first kappa shape index (κ1) is 12.4. The van der Waals surface area contributed by atoms with Crippen LogP contribution >= 0.6 is 0 Å². The summed E-state index contributed by atoms with van der Waals surface area (Å²) < 4.78 is 4.91. The maximum atomic E-state index is 11.5. The van der Waals surface area contributed by atoms with Gasteiger partial charge < -0.3 is 10.1 Å². The third-order valence-electron chi connectivity index (χ3n) is 2.04. The number of hydrogen-bond acceptors (Lipinski definition) is 4. The van der Waals surface area contributed by atoms with Crippen LogP contribution in [0, 0.1) is 5.92 Å². The molecule has 0 bridgehead atoms. The molecule has 0 unspecified atom stereocenters. The number of carbonyl (C=O) groups excluding carboxylic acids is 1. The van der Waals surface area contributed by atoms with Gasteiger partial charge in [0.15, 0.2) is 5.82 Å². The Morgan fingerprint density at radius 2 is 2.25 bits per heavy atom. The molecule has 0 aliphatic heterocycles. The van der Waals surface area contributed by atoms with Gasteiger partial charge in [0.1, 0.15) is 0 Å². The van der Waals surface area contributed by atoms with Gasteiger partial charge in [-0.1, -0.05) is 13.8 Å². The zero-order valence-corrected chi connectivity index (χ0v) is 9.86. The fourth-order valence-corrected chi connectivity index (χ4v) is 1.13. The summed E-state index contributed by atoms with van der Waals surface area (Å²) in [4.78, 5) is 19.4. The number of hydrogen-bond donors (Lipinski definition) is 1. The van der Waals surface area contributed by atoms with Crippen molar-refractivity contribution in [2.75, 3.05) is 12.4 Å². The quantitative estimate of drug-likeness (QED) is 0.827. The van der Waals surface area contributed by atoms with Gasteiger partial charge in [-0.2, -0.15) is 4.98 Å². The van der Waals surface area contributed by atoms with Crippen molar-refractivity contribution in [2.45, 2.75) is 26.7 Å². The monoisotopic (exact) mass is 223 g/mol. The van der Waals surface area contributed by atoms with Crippen LogP contribution in [-0.4, -0.2) is 23.0 Å². The number of rotatable bonds is 5. The Morgan fingerprint density at radius 3 is 2.88 bits per heavy atom. The molecule has 16 heavy (non-hydrogen) atoms. The molecule has 0 aliphatic carbocycles. The van der Waals surface area contributed by atoms with E-state index in [0.717, 1.165) is 6.42 Å². The van der Waals surface area contributed by atoms with Crippen LogP contribution < -0.4 is 10.1 Å². The van der Waals surface area contributed by atoms with Gasteiger partial charge in [0.2, 0.25) is 11.8 Å². The summed E-state index contributed by atoms with van der Waals surface area (Å²) in [6.07, 6.45) is 4.35. The van der Waals surface area contributed by atoms with Crippen LogP contribution in [0.4, 0.5) is 5.82 Å². The summed E-state index contributed by atoms with van der Waals surface area (Å²) in [5, 5.41) is 2.68. The maximum Gasteiger partial charge on any atom is 0.233 e. The van der Waals surface area contributed by atoms with E-state index in [-0.39, 0.29) is 5.91 Å². The molecule has 0 radical (unpaired) electrons. The number of nitrogens with one attached hydrogen (secondary N) is 1. The van der Waals surface area contributed by atoms with Crippen molar-refractivity contribution in [1.29, 1.82) is 0 Å². The maximum absolute atomic E-state index is 11.5. The molecule has 0 fully saturated rings. The third-order valence-corrected chi connectivity index (χ3v) is 2.04. The highest BCUT2D eigenvalue weighted by Gasteiger charge is 2.05. The van der Waals surface area contributed by atoms with E-state index in [2.05, 4.69) is 29.1 Å². The van der Waals surface area contributed by atoms with Crippen molar-refractivity contribution in [1.82, 2.24) is 9.97 Å². The zero-order valence-electron chi connectivity index (χ0n) is 9.86. The van der Waals surface area contributed by atoms with Crippen LogP contribution in [0.5, 0.6) is 5.88 Å². The number of amides is 1. The Bertz CT molecular complexity index is 353. The van der Waals surface area contributed by atoms with Gasteiger partial charge in [-0.3, -0.25) is 9.78 Å². The summed E-state index contributed by atoms with van der Waals surface area (Å²) >= 11 is 0.